The Morgan fingerprint density at radius 3 is 2.07 bits per heavy atom. The summed E-state index contributed by atoms with van der Waals surface area (Å²) < 4.78 is 45.8. The zero-order chi connectivity index (χ0) is 11.7. The van der Waals surface area contributed by atoms with E-state index < -0.39 is 33.4 Å². The van der Waals surface area contributed by atoms with Gasteiger partial charge in [-0.3, -0.25) is 4.55 Å². The molecule has 1 aromatic carbocycles. The molecule has 1 aromatic rings. The third kappa shape index (κ3) is 9.65. The summed E-state index contributed by atoms with van der Waals surface area (Å²) in [4.78, 5) is 0. The van der Waals surface area contributed by atoms with Crippen LogP contribution in [0.1, 0.15) is 5.56 Å². The second kappa shape index (κ2) is 7.62. The van der Waals surface area contributed by atoms with Crippen LogP contribution in [0.25, 0.3) is 6.08 Å². The molecule has 0 heterocycles. The van der Waals surface area contributed by atoms with Gasteiger partial charge in [-0.25, -0.2) is 14.5 Å². The van der Waals surface area contributed by atoms with Gasteiger partial charge in [0.1, 0.15) is 0 Å². The summed E-state index contributed by atoms with van der Waals surface area (Å²) in [5.41, 5.74) is 0.676. The molecule has 0 amide bonds. The van der Waals surface area contributed by atoms with Gasteiger partial charge in [-0.1, -0.05) is 18.2 Å². The summed E-state index contributed by atoms with van der Waals surface area (Å²) >= 11 is -2.27. The van der Waals surface area contributed by atoms with Gasteiger partial charge in [0.25, 0.3) is 0 Å². The molecular weight excluding hydrogens is 299 g/mol. The molecule has 0 bridgehead atoms. The first-order valence-corrected chi connectivity index (χ1v) is 7.06. The first-order valence-electron chi connectivity index (χ1n) is 3.62. The number of benzene rings is 1. The molecule has 0 saturated carbocycles. The SMILES string of the molecule is O=S(=O)(O)[C-]=Cc1ccccc1.[O]=[Zr]=[O]. The van der Waals surface area contributed by atoms with Crippen molar-refractivity contribution in [2.75, 3.05) is 0 Å². The van der Waals surface area contributed by atoms with Crippen LogP contribution in [-0.4, -0.2) is 13.0 Å². The minimum atomic E-state index is -4.13. The van der Waals surface area contributed by atoms with Crippen molar-refractivity contribution < 1.29 is 41.8 Å². The zero-order valence-corrected chi connectivity index (χ0v) is 10.7. The van der Waals surface area contributed by atoms with Gasteiger partial charge < -0.3 is 0 Å². The van der Waals surface area contributed by atoms with Gasteiger partial charge in [-0.05, 0) is 0 Å². The van der Waals surface area contributed by atoms with Crippen molar-refractivity contribution in [1.82, 2.24) is 0 Å². The van der Waals surface area contributed by atoms with Crippen LogP contribution in [-0.2, 0) is 39.0 Å². The Kier molecular flexibility index (Phi) is 7.29. The standard InChI is InChI=1S/C8H7O3S.2O.Zr/c9-12(10,11)7-6-8-4-2-1-3-5-8;;;/h1-6H,(H,9,10,11);;;/q-1;;;. The molecule has 1 rings (SSSR count). The number of hydrogen-bond donors (Lipinski definition) is 1. The first-order chi connectivity index (χ1) is 6.99. The van der Waals surface area contributed by atoms with E-state index in [1.807, 2.05) is 11.5 Å². The van der Waals surface area contributed by atoms with Crippen LogP contribution in [0.3, 0.4) is 0 Å². The van der Waals surface area contributed by atoms with Crippen LogP contribution in [0.4, 0.5) is 0 Å². The predicted octanol–water partition coefficient (Wildman–Crippen LogP) is 1.11. The van der Waals surface area contributed by atoms with Crippen molar-refractivity contribution in [2.45, 2.75) is 0 Å². The molecule has 0 fully saturated rings. The van der Waals surface area contributed by atoms with Crippen molar-refractivity contribution in [3.63, 3.8) is 0 Å². The van der Waals surface area contributed by atoms with E-state index in [1.165, 1.54) is 6.08 Å². The van der Waals surface area contributed by atoms with E-state index in [0.29, 0.717) is 5.56 Å². The van der Waals surface area contributed by atoms with Crippen LogP contribution in [0.15, 0.2) is 30.3 Å². The van der Waals surface area contributed by atoms with Crippen LogP contribution >= 0.6 is 0 Å². The van der Waals surface area contributed by atoms with Gasteiger partial charge in [0.2, 0.25) is 10.1 Å². The van der Waals surface area contributed by atoms with Crippen molar-refractivity contribution in [1.29, 1.82) is 0 Å². The molecule has 0 aliphatic rings. The molecule has 7 heteroatoms. The van der Waals surface area contributed by atoms with Crippen molar-refractivity contribution in [3.8, 4) is 0 Å². The van der Waals surface area contributed by atoms with Crippen molar-refractivity contribution in [3.05, 3.63) is 41.3 Å². The van der Waals surface area contributed by atoms with Crippen LogP contribution in [0.5, 0.6) is 0 Å². The predicted molar refractivity (Wildman–Crippen MR) is 47.1 cm³/mol. The second-order valence-corrected chi connectivity index (χ2v) is 3.83. The molecular formula is C8H7O5SZr-. The third-order valence-corrected chi connectivity index (χ3v) is 1.59. The van der Waals surface area contributed by atoms with Crippen LogP contribution in [0.2, 0.25) is 0 Å². The Morgan fingerprint density at radius 2 is 1.67 bits per heavy atom. The fourth-order valence-electron chi connectivity index (χ4n) is 0.692. The summed E-state index contributed by atoms with van der Waals surface area (Å²) in [6, 6.07) is 8.75. The maximum atomic E-state index is 10.2. The monoisotopic (exact) mass is 305 g/mol. The Morgan fingerprint density at radius 1 is 1.20 bits per heavy atom. The first kappa shape index (κ1) is 14.4. The third-order valence-electron chi connectivity index (χ3n) is 1.17. The average molecular weight is 306 g/mol. The topological polar surface area (TPSA) is 88.5 Å². The second-order valence-electron chi connectivity index (χ2n) is 2.23. The molecule has 0 aliphatic heterocycles. The summed E-state index contributed by atoms with van der Waals surface area (Å²) in [6.07, 6.45) is 1.20. The normalized spacial score (nSPS) is 10.2. The van der Waals surface area contributed by atoms with Gasteiger partial charge in [-0.2, -0.15) is 5.56 Å². The molecule has 15 heavy (non-hydrogen) atoms. The van der Waals surface area contributed by atoms with Crippen molar-refractivity contribution >= 4 is 16.2 Å². The van der Waals surface area contributed by atoms with E-state index in [9.17, 15) is 8.42 Å². The summed E-state index contributed by atoms with van der Waals surface area (Å²) in [5, 5.41) is 1.84. The molecule has 1 N–H and O–H groups in total. The fourth-order valence-corrected chi connectivity index (χ4v) is 0.977. The molecule has 0 aliphatic carbocycles. The van der Waals surface area contributed by atoms with Gasteiger partial charge in [-0.15, -0.1) is 17.5 Å². The molecule has 0 atom stereocenters. The molecule has 0 saturated heterocycles. The van der Waals surface area contributed by atoms with Gasteiger partial charge in [0.15, 0.2) is 0 Å². The Labute approximate surface area is 99.0 Å². The Bertz CT molecular complexity index is 445. The maximum absolute atomic E-state index is 10.2. The quantitative estimate of drug-likeness (QED) is 0.653. The van der Waals surface area contributed by atoms with Crippen LogP contribution < -0.4 is 0 Å². The summed E-state index contributed by atoms with van der Waals surface area (Å²) in [6.45, 7) is 0. The average Bonchev–Trinajstić information content (AvgIpc) is 2.17. The van der Waals surface area contributed by atoms with Gasteiger partial charge >= 0.3 is 28.9 Å². The zero-order valence-electron chi connectivity index (χ0n) is 7.45. The molecule has 0 unspecified atom stereocenters. The van der Waals surface area contributed by atoms with E-state index in [0.717, 1.165) is 0 Å². The number of hydrogen-bond acceptors (Lipinski definition) is 4. The van der Waals surface area contributed by atoms with Crippen molar-refractivity contribution in [2.24, 2.45) is 0 Å². The van der Waals surface area contributed by atoms with E-state index in [-0.39, 0.29) is 0 Å². The van der Waals surface area contributed by atoms with E-state index in [4.69, 9.17) is 10.2 Å². The van der Waals surface area contributed by atoms with Gasteiger partial charge in [0, 0.05) is 0 Å². The Balaban J connectivity index is 0.000000583. The minimum absolute atomic E-state index is 0.676. The summed E-state index contributed by atoms with van der Waals surface area (Å²) in [5.74, 6) is 0. The molecule has 80 valence electrons. The van der Waals surface area contributed by atoms with E-state index >= 15 is 0 Å². The molecule has 5 nitrogen and oxygen atoms in total. The van der Waals surface area contributed by atoms with Gasteiger partial charge in [0.05, 0.1) is 0 Å². The molecule has 0 radical (unpaired) electrons. The van der Waals surface area contributed by atoms with Crippen LogP contribution in [0, 0.1) is 5.41 Å². The number of rotatable bonds is 2. The summed E-state index contributed by atoms with van der Waals surface area (Å²) in [7, 11) is -4.13. The van der Waals surface area contributed by atoms with E-state index in [1.54, 1.807) is 24.3 Å². The van der Waals surface area contributed by atoms with E-state index in [2.05, 4.69) is 0 Å². The molecule has 0 spiro atoms. The Hall–Kier alpha value is -0.647. The molecule has 0 aromatic heterocycles. The fraction of sp³-hybridized carbons (Fsp3) is 0.